The Labute approximate surface area is 210 Å². The maximum Gasteiger partial charge on any atom is 0.387 e. The van der Waals surface area contributed by atoms with E-state index in [0.29, 0.717) is 28.3 Å². The van der Waals surface area contributed by atoms with Crippen LogP contribution in [0, 0.1) is 13.8 Å². The van der Waals surface area contributed by atoms with Crippen molar-refractivity contribution in [2.75, 3.05) is 14.2 Å². The number of carbonyl (C=O) groups is 1. The molecule has 7 nitrogen and oxygen atoms in total. The molecule has 0 saturated carbocycles. The summed E-state index contributed by atoms with van der Waals surface area (Å²) < 4.78 is 42.8. The van der Waals surface area contributed by atoms with Crippen LogP contribution in [-0.4, -0.2) is 41.4 Å². The fourth-order valence-corrected chi connectivity index (χ4v) is 4.15. The molecule has 0 bridgehead atoms. The van der Waals surface area contributed by atoms with Gasteiger partial charge >= 0.3 is 6.61 Å². The Kier molecular flexibility index (Phi) is 8.55. The van der Waals surface area contributed by atoms with Crippen LogP contribution >= 0.6 is 0 Å². The number of benzene rings is 2. The molecule has 3 rings (SSSR count). The van der Waals surface area contributed by atoms with Crippen molar-refractivity contribution in [1.82, 2.24) is 14.7 Å². The molecule has 1 amide bonds. The number of hydrogen-bond donors (Lipinski definition) is 0. The quantitative estimate of drug-likeness (QED) is 0.361. The van der Waals surface area contributed by atoms with Crippen LogP contribution < -0.4 is 14.2 Å². The third kappa shape index (κ3) is 6.13. The van der Waals surface area contributed by atoms with E-state index in [1.165, 1.54) is 0 Å². The van der Waals surface area contributed by atoms with Gasteiger partial charge in [-0.25, -0.2) is 0 Å². The molecule has 0 unspecified atom stereocenters. The molecule has 2 aromatic carbocycles. The molecular formula is C27H33F2N3O4. The van der Waals surface area contributed by atoms with Crippen LogP contribution in [0.4, 0.5) is 8.78 Å². The van der Waals surface area contributed by atoms with E-state index in [4.69, 9.17) is 9.47 Å². The summed E-state index contributed by atoms with van der Waals surface area (Å²) in [6.07, 6.45) is 0. The molecule has 0 radical (unpaired) electrons. The van der Waals surface area contributed by atoms with Crippen molar-refractivity contribution in [2.45, 2.75) is 53.3 Å². The average molecular weight is 502 g/mol. The Morgan fingerprint density at radius 2 is 1.69 bits per heavy atom. The van der Waals surface area contributed by atoms with Crippen LogP contribution in [0.5, 0.6) is 17.2 Å². The van der Waals surface area contributed by atoms with Gasteiger partial charge in [-0.15, -0.1) is 0 Å². The molecule has 0 N–H and O–H groups in total. The highest BCUT2D eigenvalue weighted by molar-refractivity contribution is 5.92. The molecule has 0 saturated heterocycles. The third-order valence-electron chi connectivity index (χ3n) is 5.95. The SMILES string of the molecule is COc1ccc(CN(Cc2cc(C)c(OC(F)F)c(C)c2)C(=O)c2cc(C(C)C)nn2C)c(OC)c1. The predicted molar refractivity (Wildman–Crippen MR) is 133 cm³/mol. The highest BCUT2D eigenvalue weighted by Gasteiger charge is 2.24. The lowest BCUT2D eigenvalue weighted by Gasteiger charge is -2.25. The Hall–Kier alpha value is -3.62. The molecule has 0 aliphatic heterocycles. The Morgan fingerprint density at radius 3 is 2.22 bits per heavy atom. The molecule has 0 atom stereocenters. The van der Waals surface area contributed by atoms with E-state index in [1.54, 1.807) is 69.0 Å². The number of aryl methyl sites for hydroxylation is 3. The normalized spacial score (nSPS) is 11.2. The number of aromatic nitrogens is 2. The molecule has 0 fully saturated rings. The molecule has 36 heavy (non-hydrogen) atoms. The Morgan fingerprint density at radius 1 is 1.03 bits per heavy atom. The van der Waals surface area contributed by atoms with Crippen molar-refractivity contribution >= 4 is 5.91 Å². The first-order valence-corrected chi connectivity index (χ1v) is 11.6. The number of carbonyl (C=O) groups excluding carboxylic acids is 1. The Bertz CT molecular complexity index is 1200. The number of hydrogen-bond acceptors (Lipinski definition) is 5. The fraction of sp³-hybridized carbons (Fsp3) is 0.407. The average Bonchev–Trinajstić information content (AvgIpc) is 3.22. The summed E-state index contributed by atoms with van der Waals surface area (Å²) in [5, 5.41) is 4.49. The minimum absolute atomic E-state index is 0.150. The van der Waals surface area contributed by atoms with Gasteiger partial charge in [-0.3, -0.25) is 9.48 Å². The van der Waals surface area contributed by atoms with Crippen molar-refractivity contribution < 1.29 is 27.8 Å². The highest BCUT2D eigenvalue weighted by atomic mass is 19.3. The topological polar surface area (TPSA) is 65.8 Å². The molecule has 9 heteroatoms. The summed E-state index contributed by atoms with van der Waals surface area (Å²) in [4.78, 5) is 15.5. The van der Waals surface area contributed by atoms with E-state index in [-0.39, 0.29) is 30.7 Å². The second-order valence-corrected chi connectivity index (χ2v) is 9.01. The minimum Gasteiger partial charge on any atom is -0.497 e. The monoisotopic (exact) mass is 501 g/mol. The number of nitrogens with zero attached hydrogens (tertiary/aromatic N) is 3. The smallest absolute Gasteiger partial charge is 0.387 e. The molecule has 3 aromatic rings. The van der Waals surface area contributed by atoms with Gasteiger partial charge in [-0.1, -0.05) is 26.0 Å². The summed E-state index contributed by atoms with van der Waals surface area (Å²) in [7, 11) is 4.88. The van der Waals surface area contributed by atoms with Gasteiger partial charge in [0.15, 0.2) is 0 Å². The van der Waals surface area contributed by atoms with Crippen LogP contribution in [0.15, 0.2) is 36.4 Å². The molecule has 0 aliphatic rings. The largest absolute Gasteiger partial charge is 0.497 e. The number of alkyl halides is 2. The van der Waals surface area contributed by atoms with Crippen LogP contribution in [0.2, 0.25) is 0 Å². The van der Waals surface area contributed by atoms with Crippen molar-refractivity contribution in [2.24, 2.45) is 7.05 Å². The molecule has 0 spiro atoms. The second kappa shape index (κ2) is 11.4. The lowest BCUT2D eigenvalue weighted by Crippen LogP contribution is -2.32. The van der Waals surface area contributed by atoms with Crippen LogP contribution in [0.3, 0.4) is 0 Å². The van der Waals surface area contributed by atoms with Crippen LogP contribution in [0.1, 0.15) is 58.2 Å². The van der Waals surface area contributed by atoms with Crippen LogP contribution in [-0.2, 0) is 20.1 Å². The van der Waals surface area contributed by atoms with E-state index in [9.17, 15) is 13.6 Å². The molecule has 1 aromatic heterocycles. The van der Waals surface area contributed by atoms with Gasteiger partial charge in [-0.05, 0) is 54.7 Å². The third-order valence-corrected chi connectivity index (χ3v) is 5.95. The number of methoxy groups -OCH3 is 2. The Balaban J connectivity index is 2.01. The molecule has 194 valence electrons. The maximum absolute atomic E-state index is 13.8. The summed E-state index contributed by atoms with van der Waals surface area (Å²) >= 11 is 0. The van der Waals surface area contributed by atoms with Gasteiger partial charge in [0.05, 0.1) is 26.5 Å². The minimum atomic E-state index is -2.91. The second-order valence-electron chi connectivity index (χ2n) is 9.01. The van der Waals surface area contributed by atoms with E-state index >= 15 is 0 Å². The van der Waals surface area contributed by atoms with Gasteiger partial charge in [-0.2, -0.15) is 13.9 Å². The molecule has 0 aliphatic carbocycles. The summed E-state index contributed by atoms with van der Waals surface area (Å²) in [5.74, 6) is 1.34. The van der Waals surface area contributed by atoms with Gasteiger partial charge in [0, 0.05) is 25.2 Å². The lowest BCUT2D eigenvalue weighted by atomic mass is 10.0. The number of halogens is 2. The van der Waals surface area contributed by atoms with E-state index in [0.717, 1.165) is 16.8 Å². The zero-order valence-electron chi connectivity index (χ0n) is 21.8. The zero-order chi connectivity index (χ0) is 26.6. The molecular weight excluding hydrogens is 468 g/mol. The number of ether oxygens (including phenoxy) is 3. The van der Waals surface area contributed by atoms with Crippen molar-refractivity contribution in [1.29, 1.82) is 0 Å². The van der Waals surface area contributed by atoms with E-state index in [2.05, 4.69) is 9.84 Å². The fourth-order valence-electron chi connectivity index (χ4n) is 4.15. The van der Waals surface area contributed by atoms with Crippen molar-refractivity contribution in [3.05, 3.63) is 70.0 Å². The van der Waals surface area contributed by atoms with Gasteiger partial charge in [0.25, 0.3) is 5.91 Å². The lowest BCUT2D eigenvalue weighted by molar-refractivity contribution is -0.0507. The van der Waals surface area contributed by atoms with Gasteiger partial charge in [0.1, 0.15) is 22.9 Å². The van der Waals surface area contributed by atoms with Crippen LogP contribution in [0.25, 0.3) is 0 Å². The van der Waals surface area contributed by atoms with Gasteiger partial charge in [0.2, 0.25) is 0 Å². The highest BCUT2D eigenvalue weighted by Crippen LogP contribution is 2.30. The van der Waals surface area contributed by atoms with E-state index in [1.807, 2.05) is 26.0 Å². The zero-order valence-corrected chi connectivity index (χ0v) is 21.8. The van der Waals surface area contributed by atoms with Crippen molar-refractivity contribution in [3.63, 3.8) is 0 Å². The first-order valence-electron chi connectivity index (χ1n) is 11.6. The maximum atomic E-state index is 13.8. The predicted octanol–water partition coefficient (Wildman–Crippen LogP) is 5.62. The first kappa shape index (κ1) is 27.0. The number of rotatable bonds is 10. The number of amides is 1. The summed E-state index contributed by atoms with van der Waals surface area (Å²) in [6.45, 7) is 5.05. The summed E-state index contributed by atoms with van der Waals surface area (Å²) in [5.41, 5.74) is 4.01. The van der Waals surface area contributed by atoms with Gasteiger partial charge < -0.3 is 19.1 Å². The van der Waals surface area contributed by atoms with E-state index < -0.39 is 6.61 Å². The van der Waals surface area contributed by atoms with Crippen molar-refractivity contribution in [3.8, 4) is 17.2 Å². The standard InChI is InChI=1S/C27H33F2N3O4/c1-16(2)22-13-23(31(5)30-22)26(33)32(15-20-8-9-21(34-6)12-24(20)35-7)14-19-10-17(3)25(18(4)11-19)36-27(28)29/h8-13,16,27H,14-15H2,1-7H3. The molecule has 1 heterocycles. The summed E-state index contributed by atoms with van der Waals surface area (Å²) in [6, 6.07) is 10.8. The first-order chi connectivity index (χ1) is 17.0.